The summed E-state index contributed by atoms with van der Waals surface area (Å²) in [5.74, 6) is 0. The molecule has 5 heteroatoms. The number of ether oxygens (including phenoxy) is 1. The van der Waals surface area contributed by atoms with Gasteiger partial charge >= 0.3 is 6.18 Å². The van der Waals surface area contributed by atoms with Crippen LogP contribution in [-0.4, -0.2) is 25.2 Å². The molecule has 0 aromatic heterocycles. The number of carbonyl (C=O) groups excluding carboxylic acids is 1. The number of carbonyl (C=O) groups is 1. The van der Waals surface area contributed by atoms with Crippen molar-refractivity contribution in [2.24, 2.45) is 0 Å². The molecule has 0 heterocycles. The number of alkyl halides is 3. The van der Waals surface area contributed by atoms with Crippen LogP contribution in [0.1, 0.15) is 13.3 Å². The van der Waals surface area contributed by atoms with Crippen molar-refractivity contribution in [3.63, 3.8) is 0 Å². The van der Waals surface area contributed by atoms with Gasteiger partial charge in [-0.25, -0.2) is 0 Å². The van der Waals surface area contributed by atoms with Gasteiger partial charge in [0.05, 0.1) is 6.42 Å². The molecule has 0 bridgehead atoms. The summed E-state index contributed by atoms with van der Waals surface area (Å²) in [5.41, 5.74) is -1.74. The van der Waals surface area contributed by atoms with Crippen LogP contribution in [0.25, 0.3) is 0 Å². The predicted molar refractivity (Wildman–Crippen MR) is 32.1 cm³/mol. The van der Waals surface area contributed by atoms with Crippen LogP contribution in [0, 0.1) is 0 Å². The van der Waals surface area contributed by atoms with Gasteiger partial charge in [0.1, 0.15) is 5.60 Å². The Bertz CT molecular complexity index is 143. The van der Waals surface area contributed by atoms with Gasteiger partial charge in [-0.05, 0) is 6.92 Å². The summed E-state index contributed by atoms with van der Waals surface area (Å²) in [6.45, 7) is 1.09. The number of hydrogen-bond donors (Lipinski definition) is 0. The molecule has 2 nitrogen and oxygen atoms in total. The van der Waals surface area contributed by atoms with E-state index in [1.165, 1.54) is 0 Å². The molecular formula is C6H9F3O2. The van der Waals surface area contributed by atoms with E-state index in [4.69, 9.17) is 0 Å². The van der Waals surface area contributed by atoms with E-state index in [1.807, 2.05) is 0 Å². The van der Waals surface area contributed by atoms with Gasteiger partial charge in [-0.2, -0.15) is 13.2 Å². The smallest absolute Gasteiger partial charge is 0.371 e. The van der Waals surface area contributed by atoms with Crippen LogP contribution in [0.5, 0.6) is 0 Å². The Kier molecular flexibility index (Phi) is 3.04. The zero-order chi connectivity index (χ0) is 9.12. The molecular weight excluding hydrogens is 161 g/mol. The summed E-state index contributed by atoms with van der Waals surface area (Å²) in [4.78, 5) is 10.1. The molecule has 0 saturated carbocycles. The highest BCUT2D eigenvalue weighted by atomic mass is 19.4. The van der Waals surface area contributed by atoms with Crippen molar-refractivity contribution >= 4 is 6.29 Å². The Labute approximate surface area is 62.3 Å². The van der Waals surface area contributed by atoms with Crippen molar-refractivity contribution in [1.82, 2.24) is 0 Å². The van der Waals surface area contributed by atoms with Gasteiger partial charge in [0.2, 0.25) is 0 Å². The Morgan fingerprint density at radius 1 is 1.45 bits per heavy atom. The maximum absolute atomic E-state index is 11.7. The predicted octanol–water partition coefficient (Wildman–Crippen LogP) is 1.54. The van der Waals surface area contributed by atoms with Crippen molar-refractivity contribution in [2.45, 2.75) is 25.1 Å². The average Bonchev–Trinajstić information content (AvgIpc) is 1.84. The number of methoxy groups -OCH3 is 1. The van der Waals surface area contributed by atoms with Gasteiger partial charge in [-0.1, -0.05) is 0 Å². The summed E-state index contributed by atoms with van der Waals surface area (Å²) in [7, 11) is 1.07. The van der Waals surface area contributed by atoms with Crippen LogP contribution >= 0.6 is 0 Å². The van der Waals surface area contributed by atoms with E-state index in [-0.39, 0.29) is 6.29 Å². The molecule has 1 atom stereocenters. The van der Waals surface area contributed by atoms with Gasteiger partial charge in [0.15, 0.2) is 6.29 Å². The summed E-state index contributed by atoms with van der Waals surface area (Å²) in [5, 5.41) is 0. The van der Waals surface area contributed by atoms with E-state index < -0.39 is 18.2 Å². The van der Waals surface area contributed by atoms with Crippen molar-refractivity contribution in [3.05, 3.63) is 0 Å². The summed E-state index contributed by atoms with van der Waals surface area (Å²) >= 11 is 0. The second-order valence-electron chi connectivity index (χ2n) is 2.43. The first-order valence-electron chi connectivity index (χ1n) is 2.91. The Hall–Kier alpha value is -0.580. The van der Waals surface area contributed by atoms with E-state index in [1.54, 1.807) is 0 Å². The molecule has 0 aliphatic carbocycles. The third-order valence-corrected chi connectivity index (χ3v) is 1.27. The third kappa shape index (κ3) is 3.98. The number of rotatable bonds is 3. The first-order valence-corrected chi connectivity index (χ1v) is 2.91. The van der Waals surface area contributed by atoms with Crippen LogP contribution in [0.4, 0.5) is 13.2 Å². The highest BCUT2D eigenvalue weighted by molar-refractivity contribution is 5.61. The Morgan fingerprint density at radius 2 is 1.91 bits per heavy atom. The molecule has 11 heavy (non-hydrogen) atoms. The van der Waals surface area contributed by atoms with Crippen LogP contribution in [-0.2, 0) is 9.53 Å². The van der Waals surface area contributed by atoms with E-state index in [0.717, 1.165) is 14.0 Å². The number of hydrogen-bond acceptors (Lipinski definition) is 2. The molecule has 0 aliphatic heterocycles. The second kappa shape index (κ2) is 3.21. The molecule has 66 valence electrons. The normalized spacial score (nSPS) is 17.5. The van der Waals surface area contributed by atoms with Gasteiger partial charge in [0.25, 0.3) is 0 Å². The van der Waals surface area contributed by atoms with Crippen LogP contribution in [0.2, 0.25) is 0 Å². The largest absolute Gasteiger partial charge is 0.392 e. The van der Waals surface area contributed by atoms with Gasteiger partial charge in [0, 0.05) is 7.11 Å². The number of aldehydes is 1. The van der Waals surface area contributed by atoms with Gasteiger partial charge in [-0.15, -0.1) is 0 Å². The first kappa shape index (κ1) is 10.4. The van der Waals surface area contributed by atoms with E-state index in [2.05, 4.69) is 4.74 Å². The molecule has 0 fully saturated rings. The highest BCUT2D eigenvalue weighted by Crippen LogP contribution is 2.27. The van der Waals surface area contributed by atoms with E-state index in [0.29, 0.717) is 0 Å². The molecule has 0 spiro atoms. The molecule has 0 amide bonds. The fourth-order valence-electron chi connectivity index (χ4n) is 0.560. The monoisotopic (exact) mass is 170 g/mol. The molecule has 0 N–H and O–H groups in total. The standard InChI is InChI=1S/C6H9F3O2/c1-5(4-10,11-2)3-6(7,8)9/h4H,3H2,1-2H3. The fourth-order valence-corrected chi connectivity index (χ4v) is 0.560. The number of halogens is 3. The van der Waals surface area contributed by atoms with Crippen molar-refractivity contribution < 1.29 is 22.7 Å². The lowest BCUT2D eigenvalue weighted by Gasteiger charge is -2.22. The van der Waals surface area contributed by atoms with Crippen LogP contribution in [0.3, 0.4) is 0 Å². The summed E-state index contributed by atoms with van der Waals surface area (Å²) in [6, 6.07) is 0. The maximum atomic E-state index is 11.7. The molecule has 0 aromatic carbocycles. The first-order chi connectivity index (χ1) is 4.83. The molecule has 1 unspecified atom stereocenters. The van der Waals surface area contributed by atoms with Gasteiger partial charge < -0.3 is 9.53 Å². The molecule has 0 saturated heterocycles. The zero-order valence-corrected chi connectivity index (χ0v) is 6.23. The summed E-state index contributed by atoms with van der Waals surface area (Å²) < 4.78 is 39.4. The van der Waals surface area contributed by atoms with Crippen LogP contribution in [0.15, 0.2) is 0 Å². The Balaban J connectivity index is 4.19. The van der Waals surface area contributed by atoms with Crippen molar-refractivity contribution in [2.75, 3.05) is 7.11 Å². The second-order valence-corrected chi connectivity index (χ2v) is 2.43. The minimum atomic E-state index is -4.37. The lowest BCUT2D eigenvalue weighted by atomic mass is 10.0. The lowest BCUT2D eigenvalue weighted by molar-refractivity contribution is -0.179. The molecule has 0 radical (unpaired) electrons. The fraction of sp³-hybridized carbons (Fsp3) is 0.833. The topological polar surface area (TPSA) is 26.3 Å². The van der Waals surface area contributed by atoms with E-state index in [9.17, 15) is 18.0 Å². The van der Waals surface area contributed by atoms with E-state index >= 15 is 0 Å². The molecule has 0 aromatic rings. The third-order valence-electron chi connectivity index (χ3n) is 1.27. The quantitative estimate of drug-likeness (QED) is 0.600. The lowest BCUT2D eigenvalue weighted by Crippen LogP contribution is -2.35. The van der Waals surface area contributed by atoms with Crippen LogP contribution < -0.4 is 0 Å². The zero-order valence-electron chi connectivity index (χ0n) is 6.23. The maximum Gasteiger partial charge on any atom is 0.392 e. The van der Waals surface area contributed by atoms with Gasteiger partial charge in [-0.3, -0.25) is 0 Å². The molecule has 0 rings (SSSR count). The highest BCUT2D eigenvalue weighted by Gasteiger charge is 2.39. The summed E-state index contributed by atoms with van der Waals surface area (Å²) in [6.07, 6.45) is -5.47. The van der Waals surface area contributed by atoms with Crippen molar-refractivity contribution in [1.29, 1.82) is 0 Å². The average molecular weight is 170 g/mol. The Morgan fingerprint density at radius 3 is 2.00 bits per heavy atom. The van der Waals surface area contributed by atoms with Crippen molar-refractivity contribution in [3.8, 4) is 0 Å². The molecule has 0 aliphatic rings. The minimum Gasteiger partial charge on any atom is -0.371 e. The SMILES string of the molecule is COC(C)(C=O)CC(F)(F)F. The minimum absolute atomic E-state index is 0.153.